The Hall–Kier alpha value is -1.56. The number of Topliss-reactive ketones (excluding diaryl/α,β-unsaturated/α-hetero) is 1. The molecule has 88 valence electrons. The Bertz CT molecular complexity index is 536. The third-order valence-electron chi connectivity index (χ3n) is 2.38. The highest BCUT2D eigenvalue weighted by atomic mass is 79.9. The van der Waals surface area contributed by atoms with Gasteiger partial charge < -0.3 is 4.52 Å². The molecule has 0 aliphatic rings. The minimum Gasteiger partial charge on any atom is -0.338 e. The van der Waals surface area contributed by atoms with E-state index in [1.165, 1.54) is 6.92 Å². The molecule has 1 atom stereocenters. The molecule has 0 spiro atoms. The molecule has 0 N–H and O–H groups in total. The molecule has 0 radical (unpaired) electrons. The Morgan fingerprint density at radius 3 is 2.82 bits per heavy atom. The standard InChI is InChI=1S/C11H10BrN3O2/c1-6(7(2)16)11-14-10(15-17-11)9-4-3-8(12)5-13-9/h3-6H,1-2H3. The van der Waals surface area contributed by atoms with Crippen molar-refractivity contribution in [3.63, 3.8) is 0 Å². The lowest BCUT2D eigenvalue weighted by atomic mass is 10.1. The first kappa shape index (κ1) is 11.9. The third-order valence-corrected chi connectivity index (χ3v) is 2.85. The van der Waals surface area contributed by atoms with E-state index >= 15 is 0 Å². The normalized spacial score (nSPS) is 12.4. The fourth-order valence-electron chi connectivity index (χ4n) is 1.20. The van der Waals surface area contributed by atoms with Crippen molar-refractivity contribution >= 4 is 21.7 Å². The van der Waals surface area contributed by atoms with Crippen LogP contribution in [0.2, 0.25) is 0 Å². The zero-order valence-electron chi connectivity index (χ0n) is 9.35. The predicted molar refractivity (Wildman–Crippen MR) is 64.3 cm³/mol. The zero-order valence-corrected chi connectivity index (χ0v) is 10.9. The molecule has 0 saturated carbocycles. The van der Waals surface area contributed by atoms with Gasteiger partial charge in [-0.3, -0.25) is 9.78 Å². The van der Waals surface area contributed by atoms with Crippen molar-refractivity contribution in [3.8, 4) is 11.5 Å². The van der Waals surface area contributed by atoms with Crippen molar-refractivity contribution in [2.75, 3.05) is 0 Å². The van der Waals surface area contributed by atoms with Crippen LogP contribution in [0.25, 0.3) is 11.5 Å². The first-order valence-electron chi connectivity index (χ1n) is 5.04. The van der Waals surface area contributed by atoms with Gasteiger partial charge in [-0.05, 0) is 41.9 Å². The lowest BCUT2D eigenvalue weighted by molar-refractivity contribution is -0.118. The molecule has 0 fully saturated rings. The summed E-state index contributed by atoms with van der Waals surface area (Å²) in [5.74, 6) is 0.313. The Balaban J connectivity index is 2.29. The maximum absolute atomic E-state index is 11.2. The molecular weight excluding hydrogens is 286 g/mol. The highest BCUT2D eigenvalue weighted by Gasteiger charge is 2.19. The molecule has 2 heterocycles. The summed E-state index contributed by atoms with van der Waals surface area (Å²) in [6.45, 7) is 3.22. The van der Waals surface area contributed by atoms with Gasteiger partial charge >= 0.3 is 0 Å². The first-order valence-corrected chi connectivity index (χ1v) is 5.83. The van der Waals surface area contributed by atoms with E-state index in [0.29, 0.717) is 17.4 Å². The molecule has 0 bridgehead atoms. The second kappa shape index (κ2) is 4.75. The van der Waals surface area contributed by atoms with Crippen LogP contribution < -0.4 is 0 Å². The molecule has 2 aromatic heterocycles. The number of carbonyl (C=O) groups excluding carboxylic acids is 1. The largest absolute Gasteiger partial charge is 0.338 e. The number of carbonyl (C=O) groups is 1. The van der Waals surface area contributed by atoms with E-state index in [4.69, 9.17) is 4.52 Å². The lowest BCUT2D eigenvalue weighted by Crippen LogP contribution is -2.04. The number of halogens is 1. The number of nitrogens with zero attached hydrogens (tertiary/aromatic N) is 3. The summed E-state index contributed by atoms with van der Waals surface area (Å²) in [7, 11) is 0. The molecule has 2 aromatic rings. The van der Waals surface area contributed by atoms with Gasteiger partial charge in [0.2, 0.25) is 11.7 Å². The topological polar surface area (TPSA) is 68.9 Å². The summed E-state index contributed by atoms with van der Waals surface area (Å²) in [5, 5.41) is 3.80. The first-order chi connectivity index (χ1) is 8.08. The van der Waals surface area contributed by atoms with Crippen molar-refractivity contribution < 1.29 is 9.32 Å². The van der Waals surface area contributed by atoms with Gasteiger partial charge in [0.15, 0.2) is 0 Å². The van der Waals surface area contributed by atoms with Gasteiger partial charge in [-0.25, -0.2) is 0 Å². The summed E-state index contributed by atoms with van der Waals surface area (Å²) >= 11 is 3.29. The van der Waals surface area contributed by atoms with Crippen LogP contribution in [0.15, 0.2) is 27.3 Å². The zero-order chi connectivity index (χ0) is 12.4. The average molecular weight is 296 g/mol. The molecule has 0 saturated heterocycles. The van der Waals surface area contributed by atoms with Gasteiger partial charge in [-0.15, -0.1) is 0 Å². The van der Waals surface area contributed by atoms with E-state index in [1.807, 2.05) is 6.07 Å². The van der Waals surface area contributed by atoms with Crippen LogP contribution in [0.3, 0.4) is 0 Å². The highest BCUT2D eigenvalue weighted by Crippen LogP contribution is 2.19. The Labute approximate surface area is 106 Å². The predicted octanol–water partition coefficient (Wildman–Crippen LogP) is 2.59. The number of hydrogen-bond acceptors (Lipinski definition) is 5. The number of aromatic nitrogens is 3. The van der Waals surface area contributed by atoms with Crippen LogP contribution >= 0.6 is 15.9 Å². The summed E-state index contributed by atoms with van der Waals surface area (Å²) in [4.78, 5) is 19.5. The third kappa shape index (κ3) is 2.58. The monoisotopic (exact) mass is 295 g/mol. The quantitative estimate of drug-likeness (QED) is 0.870. The van der Waals surface area contributed by atoms with Crippen molar-refractivity contribution in [1.82, 2.24) is 15.1 Å². The van der Waals surface area contributed by atoms with Crippen molar-refractivity contribution in [3.05, 3.63) is 28.7 Å². The maximum atomic E-state index is 11.2. The van der Waals surface area contributed by atoms with Gasteiger partial charge in [0, 0.05) is 10.7 Å². The number of pyridine rings is 1. The van der Waals surface area contributed by atoms with Crippen LogP contribution in [-0.2, 0) is 4.79 Å². The number of rotatable bonds is 3. The van der Waals surface area contributed by atoms with Gasteiger partial charge in [0.1, 0.15) is 11.5 Å². The van der Waals surface area contributed by atoms with E-state index in [9.17, 15) is 4.79 Å². The molecule has 1 unspecified atom stereocenters. The minimum absolute atomic E-state index is 0.0102. The van der Waals surface area contributed by atoms with E-state index in [2.05, 4.69) is 31.1 Å². The van der Waals surface area contributed by atoms with E-state index in [0.717, 1.165) is 4.47 Å². The summed E-state index contributed by atoms with van der Waals surface area (Å²) < 4.78 is 5.92. The smallest absolute Gasteiger partial charge is 0.237 e. The SMILES string of the molecule is CC(=O)C(C)c1nc(-c2ccc(Br)cn2)no1. The molecule has 6 heteroatoms. The minimum atomic E-state index is -0.383. The van der Waals surface area contributed by atoms with Gasteiger partial charge in [0.25, 0.3) is 0 Å². The van der Waals surface area contributed by atoms with Gasteiger partial charge in [-0.1, -0.05) is 5.16 Å². The van der Waals surface area contributed by atoms with Crippen molar-refractivity contribution in [1.29, 1.82) is 0 Å². The lowest BCUT2D eigenvalue weighted by Gasteiger charge is -1.98. The second-order valence-corrected chi connectivity index (χ2v) is 4.57. The summed E-state index contributed by atoms with van der Waals surface area (Å²) in [5.41, 5.74) is 0.610. The summed E-state index contributed by atoms with van der Waals surface area (Å²) in [6, 6.07) is 3.61. The van der Waals surface area contributed by atoms with E-state index in [-0.39, 0.29) is 11.7 Å². The molecule has 2 rings (SSSR count). The van der Waals surface area contributed by atoms with Gasteiger partial charge in [-0.2, -0.15) is 4.98 Å². The van der Waals surface area contributed by atoms with Crippen molar-refractivity contribution in [2.45, 2.75) is 19.8 Å². The van der Waals surface area contributed by atoms with Crippen molar-refractivity contribution in [2.24, 2.45) is 0 Å². The number of hydrogen-bond donors (Lipinski definition) is 0. The van der Waals surface area contributed by atoms with Crippen LogP contribution in [0, 0.1) is 0 Å². The molecule has 17 heavy (non-hydrogen) atoms. The maximum Gasteiger partial charge on any atom is 0.237 e. The van der Waals surface area contributed by atoms with Crippen LogP contribution in [-0.4, -0.2) is 20.9 Å². The summed E-state index contributed by atoms with van der Waals surface area (Å²) in [6.07, 6.45) is 1.65. The fraction of sp³-hybridized carbons (Fsp3) is 0.273. The number of ketones is 1. The average Bonchev–Trinajstić information content (AvgIpc) is 2.78. The highest BCUT2D eigenvalue weighted by molar-refractivity contribution is 9.10. The van der Waals surface area contributed by atoms with Gasteiger partial charge in [0.05, 0.1) is 5.92 Å². The Morgan fingerprint density at radius 1 is 1.47 bits per heavy atom. The Morgan fingerprint density at radius 2 is 2.24 bits per heavy atom. The molecule has 0 aromatic carbocycles. The molecule has 0 aliphatic carbocycles. The molecule has 5 nitrogen and oxygen atoms in total. The molecule has 0 amide bonds. The molecule has 0 aliphatic heterocycles. The fourth-order valence-corrected chi connectivity index (χ4v) is 1.43. The molecular formula is C11H10BrN3O2. The Kier molecular flexibility index (Phi) is 3.33. The van der Waals surface area contributed by atoms with Crippen LogP contribution in [0.5, 0.6) is 0 Å². The van der Waals surface area contributed by atoms with Crippen LogP contribution in [0.4, 0.5) is 0 Å². The van der Waals surface area contributed by atoms with E-state index in [1.54, 1.807) is 19.2 Å². The van der Waals surface area contributed by atoms with E-state index < -0.39 is 0 Å². The second-order valence-electron chi connectivity index (χ2n) is 3.65. The van der Waals surface area contributed by atoms with Crippen LogP contribution in [0.1, 0.15) is 25.7 Å².